The predicted octanol–water partition coefficient (Wildman–Crippen LogP) is 6.56. The molecule has 0 radical (unpaired) electrons. The van der Waals surface area contributed by atoms with E-state index in [9.17, 15) is 9.59 Å². The minimum Gasteiger partial charge on any atom is -0.300 e. The summed E-state index contributed by atoms with van der Waals surface area (Å²) in [4.78, 5) is 30.8. The van der Waals surface area contributed by atoms with Crippen molar-refractivity contribution in [2.45, 2.75) is 117 Å². The van der Waals surface area contributed by atoms with Gasteiger partial charge in [-0.3, -0.25) is 4.89 Å². The van der Waals surface area contributed by atoms with Crippen LogP contribution < -0.4 is 0 Å². The van der Waals surface area contributed by atoms with Gasteiger partial charge in [0.1, 0.15) is 5.78 Å². The third-order valence-electron chi connectivity index (χ3n) is 5.14. The molecule has 4 nitrogen and oxygen atoms in total. The number of unbranched alkanes of at least 4 members (excludes halogenated alkanes) is 9. The molecule has 4 heteroatoms. The normalized spacial score (nSPS) is 12.1. The zero-order chi connectivity index (χ0) is 19.5. The molecule has 26 heavy (non-hydrogen) atoms. The molecule has 0 bridgehead atoms. The molecule has 1 atom stereocenters. The maximum Gasteiger partial charge on any atom is 0.342 e. The number of carbonyl (C=O) groups is 2. The van der Waals surface area contributed by atoms with Gasteiger partial charge in [-0.25, -0.2) is 4.79 Å². The van der Waals surface area contributed by atoms with Crippen molar-refractivity contribution in [2.75, 3.05) is 7.11 Å². The van der Waals surface area contributed by atoms with Crippen LogP contribution in [0.15, 0.2) is 0 Å². The first kappa shape index (κ1) is 25.1. The maximum atomic E-state index is 11.1. The lowest BCUT2D eigenvalue weighted by Gasteiger charge is -2.14. The molecule has 0 aromatic heterocycles. The van der Waals surface area contributed by atoms with Crippen LogP contribution >= 0.6 is 0 Å². The van der Waals surface area contributed by atoms with Crippen molar-refractivity contribution < 1.29 is 19.4 Å². The molecule has 154 valence electrons. The molecule has 0 spiro atoms. The number of Topliss-reactive ketones (excluding diaryl/α,β-unsaturated/α-hetero) is 1. The Morgan fingerprint density at radius 3 is 1.65 bits per heavy atom. The van der Waals surface area contributed by atoms with Crippen molar-refractivity contribution in [1.82, 2.24) is 0 Å². The number of carbonyl (C=O) groups excluding carboxylic acids is 2. The monoisotopic (exact) mass is 370 g/mol. The molecular weight excluding hydrogens is 328 g/mol. The van der Waals surface area contributed by atoms with Gasteiger partial charge in [-0.05, 0) is 25.7 Å². The van der Waals surface area contributed by atoms with Gasteiger partial charge in [0.2, 0.25) is 0 Å². The molecule has 0 aliphatic heterocycles. The fourth-order valence-electron chi connectivity index (χ4n) is 3.43. The minimum absolute atomic E-state index is 0.267. The van der Waals surface area contributed by atoms with Gasteiger partial charge in [0.25, 0.3) is 0 Å². The van der Waals surface area contributed by atoms with E-state index in [0.717, 1.165) is 31.6 Å². The lowest BCUT2D eigenvalue weighted by atomic mass is 9.92. The van der Waals surface area contributed by atoms with E-state index >= 15 is 0 Å². The van der Waals surface area contributed by atoms with Crippen LogP contribution in [0, 0.1) is 5.92 Å². The topological polar surface area (TPSA) is 52.6 Å². The largest absolute Gasteiger partial charge is 0.342 e. The van der Waals surface area contributed by atoms with E-state index in [-0.39, 0.29) is 5.97 Å². The lowest BCUT2D eigenvalue weighted by molar-refractivity contribution is -0.255. The molecule has 0 aliphatic rings. The van der Waals surface area contributed by atoms with Gasteiger partial charge < -0.3 is 4.79 Å². The Labute approximate surface area is 161 Å². The average Bonchev–Trinajstić information content (AvgIpc) is 2.61. The van der Waals surface area contributed by atoms with Crippen LogP contribution in [-0.2, 0) is 19.4 Å². The van der Waals surface area contributed by atoms with Crippen LogP contribution in [0.2, 0.25) is 0 Å². The quantitative estimate of drug-likeness (QED) is 0.147. The van der Waals surface area contributed by atoms with Crippen LogP contribution in [0.3, 0.4) is 0 Å². The zero-order valence-electron chi connectivity index (χ0n) is 17.5. The molecule has 0 heterocycles. The van der Waals surface area contributed by atoms with E-state index in [2.05, 4.69) is 16.7 Å². The number of ketones is 1. The molecule has 0 rings (SSSR count). The summed E-state index contributed by atoms with van der Waals surface area (Å²) in [5, 5.41) is 0. The van der Waals surface area contributed by atoms with Gasteiger partial charge in [-0.2, -0.15) is 4.89 Å². The van der Waals surface area contributed by atoms with Gasteiger partial charge in [0.15, 0.2) is 0 Å². The van der Waals surface area contributed by atoms with Crippen LogP contribution in [-0.4, -0.2) is 18.9 Å². The zero-order valence-corrected chi connectivity index (χ0v) is 17.5. The molecule has 0 fully saturated rings. The number of hydrogen-bond donors (Lipinski definition) is 0. The van der Waals surface area contributed by atoms with Gasteiger partial charge in [-0.1, -0.05) is 84.0 Å². The Balaban J connectivity index is 3.38. The molecule has 0 aliphatic carbocycles. The Morgan fingerprint density at radius 2 is 1.19 bits per heavy atom. The van der Waals surface area contributed by atoms with E-state index in [0.29, 0.717) is 12.2 Å². The molecule has 0 aromatic rings. The third kappa shape index (κ3) is 17.9. The molecule has 0 saturated carbocycles. The van der Waals surface area contributed by atoms with E-state index in [1.807, 2.05) is 0 Å². The van der Waals surface area contributed by atoms with Crippen molar-refractivity contribution >= 4 is 11.8 Å². The summed E-state index contributed by atoms with van der Waals surface area (Å²) in [6.07, 6.45) is 18.6. The number of hydrogen-bond acceptors (Lipinski definition) is 4. The van der Waals surface area contributed by atoms with E-state index in [1.54, 1.807) is 6.92 Å². The summed E-state index contributed by atoms with van der Waals surface area (Å²) in [6, 6.07) is 0. The van der Waals surface area contributed by atoms with E-state index in [4.69, 9.17) is 0 Å². The standard InChI is InChI=1S/C22H42O4/c1-4-21(18-14-11-10-12-16-20(2)23)17-13-8-6-5-7-9-15-19-22(24)26-25-3/h21H,4-19H2,1-3H3. The summed E-state index contributed by atoms with van der Waals surface area (Å²) >= 11 is 0. The molecule has 0 saturated heterocycles. The summed E-state index contributed by atoms with van der Waals surface area (Å²) in [6.45, 7) is 4.00. The summed E-state index contributed by atoms with van der Waals surface area (Å²) in [7, 11) is 1.36. The van der Waals surface area contributed by atoms with Gasteiger partial charge in [-0.15, -0.1) is 0 Å². The second-order valence-corrected chi connectivity index (χ2v) is 7.56. The first-order valence-electron chi connectivity index (χ1n) is 10.8. The fraction of sp³-hybridized carbons (Fsp3) is 0.909. The lowest BCUT2D eigenvalue weighted by Crippen LogP contribution is -2.02. The van der Waals surface area contributed by atoms with Gasteiger partial charge >= 0.3 is 5.97 Å². The van der Waals surface area contributed by atoms with Gasteiger partial charge in [0.05, 0.1) is 7.11 Å². The van der Waals surface area contributed by atoms with E-state index in [1.165, 1.54) is 77.7 Å². The van der Waals surface area contributed by atoms with Crippen LogP contribution in [0.5, 0.6) is 0 Å². The SMILES string of the molecule is CCC(CCCCCCCCCC(=O)OOC)CCCCCCC(C)=O. The predicted molar refractivity (Wildman–Crippen MR) is 107 cm³/mol. The molecule has 0 amide bonds. The Morgan fingerprint density at radius 1 is 0.731 bits per heavy atom. The fourth-order valence-corrected chi connectivity index (χ4v) is 3.43. The van der Waals surface area contributed by atoms with Crippen molar-refractivity contribution in [3.63, 3.8) is 0 Å². The van der Waals surface area contributed by atoms with Crippen molar-refractivity contribution in [3.8, 4) is 0 Å². The highest BCUT2D eigenvalue weighted by Gasteiger charge is 2.06. The summed E-state index contributed by atoms with van der Waals surface area (Å²) in [5.41, 5.74) is 0. The average molecular weight is 371 g/mol. The Hall–Kier alpha value is -0.900. The Bertz CT molecular complexity index is 341. The molecule has 0 aromatic carbocycles. The van der Waals surface area contributed by atoms with Crippen LogP contribution in [0.4, 0.5) is 0 Å². The first-order chi connectivity index (χ1) is 12.6. The second kappa shape index (κ2) is 18.9. The summed E-state index contributed by atoms with van der Waals surface area (Å²) in [5.74, 6) is 0.941. The van der Waals surface area contributed by atoms with Crippen molar-refractivity contribution in [3.05, 3.63) is 0 Å². The number of rotatable bonds is 19. The van der Waals surface area contributed by atoms with Crippen molar-refractivity contribution in [2.24, 2.45) is 5.92 Å². The highest BCUT2D eigenvalue weighted by Crippen LogP contribution is 2.21. The van der Waals surface area contributed by atoms with Crippen LogP contribution in [0.1, 0.15) is 117 Å². The minimum atomic E-state index is -0.267. The highest BCUT2D eigenvalue weighted by atomic mass is 17.2. The molecule has 0 N–H and O–H groups in total. The van der Waals surface area contributed by atoms with Gasteiger partial charge in [0, 0.05) is 12.8 Å². The highest BCUT2D eigenvalue weighted by molar-refractivity contribution is 5.75. The van der Waals surface area contributed by atoms with E-state index < -0.39 is 0 Å². The summed E-state index contributed by atoms with van der Waals surface area (Å²) < 4.78 is 0. The maximum absolute atomic E-state index is 11.1. The third-order valence-corrected chi connectivity index (χ3v) is 5.14. The Kier molecular flexibility index (Phi) is 18.2. The smallest absolute Gasteiger partial charge is 0.300 e. The molecule has 1 unspecified atom stereocenters. The molecular formula is C22H42O4. The van der Waals surface area contributed by atoms with Crippen LogP contribution in [0.25, 0.3) is 0 Å². The van der Waals surface area contributed by atoms with Crippen molar-refractivity contribution in [1.29, 1.82) is 0 Å². The first-order valence-corrected chi connectivity index (χ1v) is 10.8. The second-order valence-electron chi connectivity index (χ2n) is 7.56.